The van der Waals surface area contributed by atoms with E-state index in [0.29, 0.717) is 0 Å². The Morgan fingerprint density at radius 1 is 0.750 bits per heavy atom. The average molecular weight is 609 g/mol. The van der Waals surface area contributed by atoms with Crippen molar-refractivity contribution in [3.8, 4) is 0 Å². The number of hydrogen-bond donors (Lipinski definition) is 10. The molecule has 2 aliphatic heterocycles. The first-order valence-corrected chi connectivity index (χ1v) is 10.9. The summed E-state index contributed by atoms with van der Waals surface area (Å²) in [6.45, 7) is -1.63. The Morgan fingerprint density at radius 3 is 1.19 bits per heavy atom. The van der Waals surface area contributed by atoms with Gasteiger partial charge in [0, 0.05) is 0 Å². The van der Waals surface area contributed by atoms with Crippen molar-refractivity contribution in [1.29, 1.82) is 0 Å². The van der Waals surface area contributed by atoms with Crippen LogP contribution in [-0.4, -0.2) is 174 Å². The van der Waals surface area contributed by atoms with Crippen LogP contribution < -0.4 is 0 Å². The number of carbonyl (C=O) groups excluding carboxylic acids is 2. The summed E-state index contributed by atoms with van der Waals surface area (Å²) >= 11 is 0. The van der Waals surface area contributed by atoms with E-state index in [0.717, 1.165) is 0 Å². The summed E-state index contributed by atoms with van der Waals surface area (Å²) in [5.74, 6) is -6.78. The maximum Gasteiger partial charge on any atom is 2.00 e. The molecule has 0 radical (unpaired) electrons. The number of aliphatic hydroxyl groups excluding tert-OH is 6. The third-order valence-corrected chi connectivity index (χ3v) is 4.18. The molecule has 204 valence electrons. The first-order chi connectivity index (χ1) is 14.5. The number of ether oxygens (including phenoxy) is 2. The van der Waals surface area contributed by atoms with Gasteiger partial charge in [-0.2, -0.15) is 0 Å². The van der Waals surface area contributed by atoms with E-state index in [1.165, 1.54) is 0 Å². The number of phosphoric acid groups is 2. The average Bonchev–Trinajstić information content (AvgIpc) is 3.10. The summed E-state index contributed by atoms with van der Waals surface area (Å²) in [6.07, 6.45) is -6.42. The van der Waals surface area contributed by atoms with Gasteiger partial charge in [-0.25, -0.2) is 18.7 Å². The van der Waals surface area contributed by atoms with Gasteiger partial charge in [0.2, 0.25) is 0 Å². The predicted molar refractivity (Wildman–Crippen MR) is 119 cm³/mol. The Morgan fingerprint density at radius 2 is 1.00 bits per heavy atom. The maximum atomic E-state index is 11.0. The Balaban J connectivity index is -0.0000000492. The van der Waals surface area contributed by atoms with E-state index in [-0.39, 0.29) is 83.2 Å². The van der Waals surface area contributed by atoms with E-state index in [4.69, 9.17) is 40.0 Å². The molecule has 24 heteroatoms. The fraction of sp³-hybridized carbons (Fsp3) is 0.500. The third-order valence-electron chi connectivity index (χ3n) is 3.34. The largest absolute Gasteiger partial charge is 2.00 e. The number of carbonyl (C=O) groups is 2. The predicted octanol–water partition coefficient (Wildman–Crippen LogP) is -5.00. The molecule has 36 heavy (non-hydrogen) atoms. The van der Waals surface area contributed by atoms with E-state index in [1.54, 1.807) is 0 Å². The van der Waals surface area contributed by atoms with Gasteiger partial charge in [-0.3, -0.25) is 19.6 Å². The molecule has 0 fully saturated rings. The summed E-state index contributed by atoms with van der Waals surface area (Å²) in [5.41, 5.74) is 0. The smallest absolute Gasteiger partial charge is 1.00 e. The molecule has 12 N–H and O–H groups in total. The normalized spacial score (nSPS) is 20.7. The van der Waals surface area contributed by atoms with Crippen LogP contribution in [0.1, 0.15) is 8.56 Å². The number of cyclic esters (lactones) is 2. The molecule has 2 aliphatic rings. The number of rotatable bonds is 8. The van der Waals surface area contributed by atoms with Gasteiger partial charge in [-0.1, -0.05) is 0 Å². The molecule has 2 heterocycles. The van der Waals surface area contributed by atoms with Crippen molar-refractivity contribution in [1.82, 2.24) is 0 Å². The molecule has 0 aromatic rings. The minimum Gasteiger partial charge on any atom is -1.00 e. The van der Waals surface area contributed by atoms with Gasteiger partial charge in [-0.05, 0) is 0 Å². The van der Waals surface area contributed by atoms with Crippen molar-refractivity contribution >= 4 is 96.7 Å². The van der Waals surface area contributed by atoms with Crippen LogP contribution in [0.15, 0.2) is 23.0 Å². The molecule has 0 amide bonds. The molecule has 0 spiro atoms. The minimum absolute atomic E-state index is 0. The fourth-order valence-electron chi connectivity index (χ4n) is 2.04. The van der Waals surface area contributed by atoms with E-state index in [2.05, 4.69) is 18.5 Å². The quantitative estimate of drug-likeness (QED) is 0.0699. The number of esters is 2. The molecular formula is C12H26Mg3O19P2. The topological polar surface area (TPSA) is 339 Å². The molecule has 4 atom stereocenters. The van der Waals surface area contributed by atoms with Gasteiger partial charge >= 0.3 is 96.7 Å². The van der Waals surface area contributed by atoms with Crippen LogP contribution in [-0.2, 0) is 37.2 Å². The van der Waals surface area contributed by atoms with Gasteiger partial charge in [-0.15, -0.1) is 0 Å². The summed E-state index contributed by atoms with van der Waals surface area (Å²) in [4.78, 5) is 55.7. The van der Waals surface area contributed by atoms with Crippen molar-refractivity contribution in [3.05, 3.63) is 23.0 Å². The zero-order valence-corrected chi connectivity index (χ0v) is 24.0. The molecule has 0 aromatic carbocycles. The Labute approximate surface area is 257 Å². The SMILES string of the molecule is O.O=C1O[C@H]([C@@H](O)CO)C(O)=C1OP(=O)(O)O.O=C1O[C@H]([C@@H](O)CO)C(O)=C1OP(=O)(O)O.[H-].[H-].[H-].[H-].[H-].[H-].[Mg+2].[Mg+2].[Mg+2]. The van der Waals surface area contributed by atoms with Gasteiger partial charge in [0.25, 0.3) is 11.5 Å². The minimum atomic E-state index is -5.02. The van der Waals surface area contributed by atoms with Crippen LogP contribution in [0.3, 0.4) is 0 Å². The molecule has 0 saturated heterocycles. The van der Waals surface area contributed by atoms with Crippen LogP contribution in [0.5, 0.6) is 0 Å². The van der Waals surface area contributed by atoms with E-state index < -0.39 is 88.3 Å². The Bertz CT molecular complexity index is 849. The first kappa shape index (κ1) is 43.1. The molecule has 19 nitrogen and oxygen atoms in total. The molecule has 0 saturated carbocycles. The fourth-order valence-corrected chi connectivity index (χ4v) is 2.85. The molecule has 0 unspecified atom stereocenters. The summed E-state index contributed by atoms with van der Waals surface area (Å²) in [7, 11) is -10.0. The van der Waals surface area contributed by atoms with E-state index in [1.807, 2.05) is 0 Å². The zero-order valence-electron chi connectivity index (χ0n) is 24.0. The number of hydrogen-bond acceptors (Lipinski definition) is 14. The second kappa shape index (κ2) is 17.6. The standard InChI is InChI=1S/2C6H9O9P.3Mg.H2O.6H/c2*7-1-2(8)4-3(9)5(6(10)14-4)15-16(11,12)13;;;;;;;;;;/h2*2,4,7-9H,1H2,(H2,11,12,13);;;;1H2;;;;;;/q;;3*+2;;6*-1/t2*2-,4+;;;;;;;;;;/m00........../s1. The molecule has 0 aromatic heterocycles. The van der Waals surface area contributed by atoms with Crippen molar-refractivity contribution in [3.63, 3.8) is 0 Å². The van der Waals surface area contributed by atoms with Crippen LogP contribution in [0, 0.1) is 0 Å². The van der Waals surface area contributed by atoms with Crippen molar-refractivity contribution in [2.75, 3.05) is 13.2 Å². The zero-order chi connectivity index (χ0) is 25.0. The van der Waals surface area contributed by atoms with Crippen LogP contribution in [0.25, 0.3) is 0 Å². The van der Waals surface area contributed by atoms with Crippen molar-refractivity contribution in [2.24, 2.45) is 0 Å². The van der Waals surface area contributed by atoms with Crippen LogP contribution >= 0.6 is 15.6 Å². The van der Waals surface area contributed by atoms with Crippen molar-refractivity contribution in [2.45, 2.75) is 24.4 Å². The molecular weight excluding hydrogens is 583 g/mol. The van der Waals surface area contributed by atoms with E-state index in [9.17, 15) is 28.9 Å². The second-order valence-electron chi connectivity index (χ2n) is 5.74. The first-order valence-electron chi connectivity index (χ1n) is 7.88. The van der Waals surface area contributed by atoms with Gasteiger partial charge in [0.15, 0.2) is 23.7 Å². The second-order valence-corrected chi connectivity index (χ2v) is 8.07. The third kappa shape index (κ3) is 12.7. The van der Waals surface area contributed by atoms with E-state index >= 15 is 0 Å². The summed E-state index contributed by atoms with van der Waals surface area (Å²) < 4.78 is 37.3. The van der Waals surface area contributed by atoms with Crippen molar-refractivity contribution < 1.29 is 101 Å². The Kier molecular flexibility index (Phi) is 21.0. The van der Waals surface area contributed by atoms with Crippen LogP contribution in [0.4, 0.5) is 0 Å². The number of aliphatic hydroxyl groups is 6. The molecule has 0 bridgehead atoms. The number of phosphoric ester groups is 2. The molecule has 2 rings (SSSR count). The van der Waals surface area contributed by atoms with Gasteiger partial charge in [0.05, 0.1) is 13.2 Å². The maximum absolute atomic E-state index is 11.0. The van der Waals surface area contributed by atoms with Crippen LogP contribution in [0.2, 0.25) is 0 Å². The Hall–Kier alpha value is 0.0187. The summed E-state index contributed by atoms with van der Waals surface area (Å²) in [6, 6.07) is 0. The monoisotopic (exact) mass is 608 g/mol. The summed E-state index contributed by atoms with van der Waals surface area (Å²) in [5, 5.41) is 53.8. The molecule has 0 aliphatic carbocycles. The van der Waals surface area contributed by atoms with Gasteiger partial charge < -0.3 is 63.2 Å². The van der Waals surface area contributed by atoms with Gasteiger partial charge in [0.1, 0.15) is 12.2 Å².